The average Bonchev–Trinajstić information content (AvgIpc) is 2.98. The molecule has 1 fully saturated rings. The Morgan fingerprint density at radius 2 is 2.25 bits per heavy atom. The maximum atomic E-state index is 13.4. The van der Waals surface area contributed by atoms with Crippen molar-refractivity contribution in [3.8, 4) is 0 Å². The third kappa shape index (κ3) is 2.59. The lowest BCUT2D eigenvalue weighted by Gasteiger charge is -2.13. The summed E-state index contributed by atoms with van der Waals surface area (Å²) in [5.74, 6) is 0.388. The van der Waals surface area contributed by atoms with Gasteiger partial charge >= 0.3 is 0 Å². The van der Waals surface area contributed by atoms with Gasteiger partial charge in [-0.3, -0.25) is 0 Å². The molecule has 0 unspecified atom stereocenters. The molecule has 0 saturated heterocycles. The Morgan fingerprint density at radius 1 is 1.50 bits per heavy atom. The van der Waals surface area contributed by atoms with Crippen LogP contribution in [-0.2, 0) is 0 Å². The minimum atomic E-state index is -0.393. The predicted molar refractivity (Wildman–Crippen MR) is 62.0 cm³/mol. The number of aromatic nitrogens is 2. The van der Waals surface area contributed by atoms with Crippen LogP contribution in [0.1, 0.15) is 33.1 Å². The van der Waals surface area contributed by atoms with Crippen molar-refractivity contribution in [2.24, 2.45) is 0 Å². The molecular formula is C11H17FN4. The van der Waals surface area contributed by atoms with E-state index in [0.29, 0.717) is 11.8 Å². The number of halogens is 1. The molecule has 2 N–H and O–H groups in total. The lowest BCUT2D eigenvalue weighted by Crippen LogP contribution is -2.19. The summed E-state index contributed by atoms with van der Waals surface area (Å²) in [5.41, 5.74) is 0.0250. The first-order valence-electron chi connectivity index (χ1n) is 5.67. The predicted octanol–water partition coefficient (Wildman–Crippen LogP) is 2.40. The molecule has 0 atom stereocenters. The molecule has 1 aromatic rings. The van der Waals surface area contributed by atoms with Crippen LogP contribution in [0, 0.1) is 5.82 Å². The zero-order valence-electron chi connectivity index (χ0n) is 9.68. The maximum absolute atomic E-state index is 13.4. The molecule has 1 saturated carbocycles. The van der Waals surface area contributed by atoms with Gasteiger partial charge in [0.25, 0.3) is 0 Å². The summed E-state index contributed by atoms with van der Waals surface area (Å²) in [6, 6.07) is 0. The van der Waals surface area contributed by atoms with E-state index in [1.54, 1.807) is 0 Å². The van der Waals surface area contributed by atoms with Crippen molar-refractivity contribution >= 4 is 11.8 Å². The largest absolute Gasteiger partial charge is 0.362 e. The number of hydrogen-bond acceptors (Lipinski definition) is 4. The van der Waals surface area contributed by atoms with E-state index in [4.69, 9.17) is 0 Å². The Bertz CT molecular complexity index is 376. The zero-order valence-corrected chi connectivity index (χ0v) is 9.68. The Labute approximate surface area is 94.7 Å². The number of nitrogens with zero attached hydrogens (tertiary/aromatic N) is 2. The highest BCUT2D eigenvalue weighted by molar-refractivity contribution is 5.44. The van der Waals surface area contributed by atoms with Gasteiger partial charge < -0.3 is 10.6 Å². The van der Waals surface area contributed by atoms with E-state index < -0.39 is 5.82 Å². The van der Waals surface area contributed by atoms with Crippen LogP contribution in [0.25, 0.3) is 0 Å². The van der Waals surface area contributed by atoms with E-state index >= 15 is 0 Å². The summed E-state index contributed by atoms with van der Waals surface area (Å²) in [5, 5.41) is 6.15. The molecule has 1 aliphatic rings. The Hall–Kier alpha value is -1.39. The molecule has 0 aliphatic heterocycles. The minimum Gasteiger partial charge on any atom is -0.362 e. The zero-order chi connectivity index (χ0) is 11.6. The van der Waals surface area contributed by atoms with Crippen LogP contribution in [0.3, 0.4) is 0 Å². The topological polar surface area (TPSA) is 49.8 Å². The molecular weight excluding hydrogens is 207 g/mol. The molecule has 0 aromatic carbocycles. The molecule has 4 nitrogen and oxygen atoms in total. The van der Waals surface area contributed by atoms with Gasteiger partial charge in [-0.25, -0.2) is 9.37 Å². The van der Waals surface area contributed by atoms with Crippen molar-refractivity contribution in [3.05, 3.63) is 12.0 Å². The first kappa shape index (κ1) is 11.1. The highest BCUT2D eigenvalue weighted by atomic mass is 19.1. The molecule has 0 radical (unpaired) electrons. The summed E-state index contributed by atoms with van der Waals surface area (Å²) in [6.07, 6.45) is 4.32. The molecule has 0 amide bonds. The minimum absolute atomic E-state index is 0.0250. The fourth-order valence-corrected chi connectivity index (χ4v) is 1.38. The Kier molecular flexibility index (Phi) is 2.94. The fraction of sp³-hybridized carbons (Fsp3) is 0.636. The standard InChI is InChI=1S/C11H17FN4/c1-3-6-13-10-14-7-8(12)9(15-10)16-11(2)4-5-11/h7H,3-6H2,1-2H3,(H2,13,14,15,16). The van der Waals surface area contributed by atoms with Gasteiger partial charge in [0.05, 0.1) is 6.20 Å². The third-order valence-corrected chi connectivity index (χ3v) is 2.70. The molecule has 2 rings (SSSR count). The van der Waals surface area contributed by atoms with E-state index in [1.807, 2.05) is 0 Å². The number of anilines is 2. The summed E-state index contributed by atoms with van der Waals surface area (Å²) < 4.78 is 13.4. The van der Waals surface area contributed by atoms with Crippen molar-refractivity contribution in [3.63, 3.8) is 0 Å². The molecule has 88 valence electrons. The van der Waals surface area contributed by atoms with Crippen LogP contribution in [0.2, 0.25) is 0 Å². The van der Waals surface area contributed by atoms with E-state index in [0.717, 1.165) is 25.8 Å². The molecule has 16 heavy (non-hydrogen) atoms. The quantitative estimate of drug-likeness (QED) is 0.806. The monoisotopic (exact) mass is 224 g/mol. The Morgan fingerprint density at radius 3 is 2.88 bits per heavy atom. The molecule has 5 heteroatoms. The highest BCUT2D eigenvalue weighted by Crippen LogP contribution is 2.38. The normalized spacial score (nSPS) is 16.9. The van der Waals surface area contributed by atoms with E-state index in [-0.39, 0.29) is 5.54 Å². The SMILES string of the molecule is CCCNc1ncc(F)c(NC2(C)CC2)n1. The molecule has 1 aliphatic carbocycles. The van der Waals surface area contributed by atoms with Crippen LogP contribution >= 0.6 is 0 Å². The summed E-state index contributed by atoms with van der Waals surface area (Å²) in [4.78, 5) is 8.02. The molecule has 1 heterocycles. The molecule has 1 aromatic heterocycles. The van der Waals surface area contributed by atoms with Crippen molar-refractivity contribution in [2.45, 2.75) is 38.6 Å². The summed E-state index contributed by atoms with van der Waals surface area (Å²) in [7, 11) is 0. The van der Waals surface area contributed by atoms with Crippen LogP contribution in [0.4, 0.5) is 16.2 Å². The van der Waals surface area contributed by atoms with E-state index in [2.05, 4.69) is 34.4 Å². The van der Waals surface area contributed by atoms with Crippen molar-refractivity contribution < 1.29 is 4.39 Å². The van der Waals surface area contributed by atoms with E-state index in [9.17, 15) is 4.39 Å². The maximum Gasteiger partial charge on any atom is 0.224 e. The van der Waals surface area contributed by atoms with Crippen LogP contribution in [0.15, 0.2) is 6.20 Å². The first-order valence-corrected chi connectivity index (χ1v) is 5.67. The number of hydrogen-bond donors (Lipinski definition) is 2. The average molecular weight is 224 g/mol. The van der Waals surface area contributed by atoms with Crippen molar-refractivity contribution in [1.82, 2.24) is 9.97 Å². The lowest BCUT2D eigenvalue weighted by molar-refractivity contribution is 0.612. The van der Waals surface area contributed by atoms with Crippen LogP contribution in [0.5, 0.6) is 0 Å². The lowest BCUT2D eigenvalue weighted by atomic mass is 10.3. The van der Waals surface area contributed by atoms with Gasteiger partial charge in [-0.05, 0) is 26.2 Å². The van der Waals surface area contributed by atoms with Gasteiger partial charge in [0.1, 0.15) is 0 Å². The highest BCUT2D eigenvalue weighted by Gasteiger charge is 2.38. The second kappa shape index (κ2) is 4.23. The van der Waals surface area contributed by atoms with Gasteiger partial charge in [0, 0.05) is 12.1 Å². The van der Waals surface area contributed by atoms with E-state index in [1.165, 1.54) is 6.20 Å². The smallest absolute Gasteiger partial charge is 0.224 e. The Balaban J connectivity index is 2.09. The van der Waals surface area contributed by atoms with Gasteiger partial charge in [0.2, 0.25) is 5.95 Å². The second-order valence-corrected chi connectivity index (χ2v) is 4.50. The van der Waals surface area contributed by atoms with Gasteiger partial charge in [-0.1, -0.05) is 6.92 Å². The van der Waals surface area contributed by atoms with Crippen LogP contribution in [-0.4, -0.2) is 22.1 Å². The van der Waals surface area contributed by atoms with Gasteiger partial charge in [-0.2, -0.15) is 4.98 Å². The van der Waals surface area contributed by atoms with Crippen molar-refractivity contribution in [2.75, 3.05) is 17.2 Å². The van der Waals surface area contributed by atoms with Crippen LogP contribution < -0.4 is 10.6 Å². The fourth-order valence-electron chi connectivity index (χ4n) is 1.38. The summed E-state index contributed by atoms with van der Waals surface area (Å²) in [6.45, 7) is 4.91. The third-order valence-electron chi connectivity index (χ3n) is 2.70. The second-order valence-electron chi connectivity index (χ2n) is 4.50. The summed E-state index contributed by atoms with van der Waals surface area (Å²) >= 11 is 0. The van der Waals surface area contributed by atoms with Crippen molar-refractivity contribution in [1.29, 1.82) is 0 Å². The molecule has 0 bridgehead atoms. The first-order chi connectivity index (χ1) is 7.63. The molecule has 0 spiro atoms. The number of nitrogens with one attached hydrogen (secondary N) is 2. The van der Waals surface area contributed by atoms with Gasteiger partial charge in [0.15, 0.2) is 11.6 Å². The van der Waals surface area contributed by atoms with Gasteiger partial charge in [-0.15, -0.1) is 0 Å². The number of rotatable bonds is 5.